The Labute approximate surface area is 231 Å². The smallest absolute Gasteiger partial charge is 0.423 e. The van der Waals surface area contributed by atoms with E-state index in [9.17, 15) is 23.6 Å². The highest BCUT2D eigenvalue weighted by atomic mass is 32.2. The second kappa shape index (κ2) is 12.1. The maximum Gasteiger partial charge on any atom is 0.488 e. The molecule has 0 bridgehead atoms. The van der Waals surface area contributed by atoms with Gasteiger partial charge in [-0.1, -0.05) is 42.5 Å². The lowest BCUT2D eigenvalue weighted by atomic mass is 9.79. The Morgan fingerprint density at radius 3 is 1.82 bits per heavy atom. The number of benzene rings is 2. The van der Waals surface area contributed by atoms with Crippen LogP contribution in [0.1, 0.15) is 63.9 Å². The molecule has 0 spiro atoms. The number of nitrogens with zero attached hydrogens (tertiary/aromatic N) is 1. The van der Waals surface area contributed by atoms with E-state index in [1.54, 1.807) is 90.2 Å². The molecule has 0 fully saturated rings. The van der Waals surface area contributed by atoms with Gasteiger partial charge in [0.15, 0.2) is 9.84 Å². The van der Waals surface area contributed by atoms with E-state index in [4.69, 9.17) is 10.2 Å². The average molecular weight is 556 g/mol. The molecule has 1 aromatic heterocycles. The molecule has 210 valence electrons. The Hall–Kier alpha value is -2.86. The predicted octanol–water partition coefficient (Wildman–Crippen LogP) is 2.51. The van der Waals surface area contributed by atoms with Gasteiger partial charge in [-0.05, 0) is 82.4 Å². The van der Waals surface area contributed by atoms with Gasteiger partial charge in [0.05, 0.1) is 27.4 Å². The molecule has 5 N–H and O–H groups in total. The fourth-order valence-corrected chi connectivity index (χ4v) is 3.71. The summed E-state index contributed by atoms with van der Waals surface area (Å²) in [5.41, 5.74) is 0.770. The molecule has 10 heteroatoms. The number of sulfone groups is 1. The third-order valence-corrected chi connectivity index (χ3v) is 7.48. The first-order valence-corrected chi connectivity index (χ1v) is 14.2. The average Bonchev–Trinajstić information content (AvgIpc) is 2.81. The van der Waals surface area contributed by atoms with Crippen LogP contribution in [0.15, 0.2) is 71.8 Å². The minimum atomic E-state index is -3.32. The highest BCUT2D eigenvalue weighted by molar-refractivity contribution is 7.90. The molecular weight excluding hydrogens is 517 g/mol. The summed E-state index contributed by atoms with van der Waals surface area (Å²) in [6.45, 7) is 9.66. The molecule has 1 heterocycles. The van der Waals surface area contributed by atoms with E-state index >= 15 is 0 Å². The van der Waals surface area contributed by atoms with Crippen LogP contribution < -0.4 is 5.46 Å². The first-order chi connectivity index (χ1) is 17.7. The van der Waals surface area contributed by atoms with Gasteiger partial charge in [-0.3, -0.25) is 4.98 Å². The molecule has 2 aromatic carbocycles. The van der Waals surface area contributed by atoms with Gasteiger partial charge >= 0.3 is 7.12 Å². The zero-order valence-corrected chi connectivity index (χ0v) is 24.2. The Morgan fingerprint density at radius 1 is 0.846 bits per heavy atom. The van der Waals surface area contributed by atoms with Crippen molar-refractivity contribution in [2.24, 2.45) is 0 Å². The van der Waals surface area contributed by atoms with E-state index in [0.29, 0.717) is 22.3 Å². The van der Waals surface area contributed by atoms with Crippen LogP contribution in [0, 0.1) is 0 Å². The Kier molecular flexibility index (Phi) is 10.1. The van der Waals surface area contributed by atoms with Crippen LogP contribution in [0.2, 0.25) is 0 Å². The van der Waals surface area contributed by atoms with Gasteiger partial charge in [-0.25, -0.2) is 8.42 Å². The minimum Gasteiger partial charge on any atom is -0.423 e. The topological polar surface area (TPSA) is 148 Å². The number of hydrogen-bond acceptors (Lipinski definition) is 8. The Bertz CT molecular complexity index is 1370. The third kappa shape index (κ3) is 9.38. The monoisotopic (exact) mass is 555 g/mol. The van der Waals surface area contributed by atoms with Crippen molar-refractivity contribution in [3.63, 3.8) is 0 Å². The summed E-state index contributed by atoms with van der Waals surface area (Å²) in [5, 5.41) is 47.4. The first-order valence-electron chi connectivity index (χ1n) is 12.3. The van der Waals surface area contributed by atoms with Gasteiger partial charge in [0, 0.05) is 23.6 Å². The van der Waals surface area contributed by atoms with Crippen LogP contribution in [0.25, 0.3) is 11.6 Å². The van der Waals surface area contributed by atoms with E-state index in [2.05, 4.69) is 4.98 Å². The van der Waals surface area contributed by atoms with Crippen molar-refractivity contribution >= 4 is 34.1 Å². The van der Waals surface area contributed by atoms with Gasteiger partial charge in [-0.2, -0.15) is 0 Å². The Balaban J connectivity index is 0.000000580. The lowest BCUT2D eigenvalue weighted by Crippen LogP contribution is -2.44. The van der Waals surface area contributed by atoms with Crippen molar-refractivity contribution in [3.05, 3.63) is 89.2 Å². The number of pyridine rings is 1. The van der Waals surface area contributed by atoms with Crippen molar-refractivity contribution in [3.8, 4) is 0 Å². The summed E-state index contributed by atoms with van der Waals surface area (Å²) in [6.07, 6.45) is 4.59. The third-order valence-electron chi connectivity index (χ3n) is 6.36. The summed E-state index contributed by atoms with van der Waals surface area (Å²) in [4.78, 5) is 4.72. The van der Waals surface area contributed by atoms with Crippen LogP contribution in [0.4, 0.5) is 0 Å². The summed E-state index contributed by atoms with van der Waals surface area (Å²) < 4.78 is 23.6. The van der Waals surface area contributed by atoms with E-state index in [1.165, 1.54) is 12.1 Å². The molecule has 0 unspecified atom stereocenters. The second-order valence-corrected chi connectivity index (χ2v) is 13.0. The summed E-state index contributed by atoms with van der Waals surface area (Å²) >= 11 is 0. The van der Waals surface area contributed by atoms with Crippen molar-refractivity contribution in [2.75, 3.05) is 6.26 Å². The molecule has 39 heavy (non-hydrogen) atoms. The highest BCUT2D eigenvalue weighted by Gasteiger charge is 2.32. The molecule has 0 atom stereocenters. The summed E-state index contributed by atoms with van der Waals surface area (Å²) in [6, 6.07) is 16.9. The molecule has 0 saturated heterocycles. The molecule has 0 amide bonds. The molecule has 0 aliphatic carbocycles. The van der Waals surface area contributed by atoms with E-state index < -0.39 is 33.8 Å². The van der Waals surface area contributed by atoms with Crippen molar-refractivity contribution < 1.29 is 33.8 Å². The van der Waals surface area contributed by atoms with Crippen molar-refractivity contribution in [2.45, 2.75) is 63.2 Å². The molecule has 3 rings (SSSR count). The van der Waals surface area contributed by atoms with Gasteiger partial charge in [0.1, 0.15) is 0 Å². The zero-order valence-electron chi connectivity index (χ0n) is 23.4. The van der Waals surface area contributed by atoms with Crippen LogP contribution >= 0.6 is 0 Å². The zero-order chi connectivity index (χ0) is 29.8. The lowest BCUT2D eigenvalue weighted by Gasteiger charge is -2.31. The van der Waals surface area contributed by atoms with E-state index in [0.717, 1.165) is 17.4 Å². The SMILES string of the molecule is CC(C)(O)C(C)(C)O.CC(C)(O)c1ccc(C(=Cc2cccc(B(O)O)c2)c2ccc(S(C)(=O)=O)cc2)nc1. The van der Waals surface area contributed by atoms with Gasteiger partial charge in [0.25, 0.3) is 0 Å². The lowest BCUT2D eigenvalue weighted by molar-refractivity contribution is -0.107. The molecule has 0 aliphatic heterocycles. The fraction of sp³-hybridized carbons (Fsp3) is 0.345. The number of aliphatic hydroxyl groups is 3. The van der Waals surface area contributed by atoms with Gasteiger partial charge in [0.2, 0.25) is 0 Å². The molecule has 0 saturated carbocycles. The van der Waals surface area contributed by atoms with Crippen molar-refractivity contribution in [1.82, 2.24) is 4.98 Å². The summed E-state index contributed by atoms with van der Waals surface area (Å²) in [5.74, 6) is 0. The standard InChI is InChI=1S/C23H24BNO5S.C6H14O2/c1-23(2,26)18-9-12-22(25-15-18)21(14-16-5-4-6-19(13-16)24(27)28)17-7-10-20(11-8-17)31(3,29)30;1-5(2,7)6(3,4)8/h4-15,26-28H,1-3H3;7-8H,1-4H3. The normalized spacial score (nSPS) is 13.0. The van der Waals surface area contributed by atoms with Gasteiger partial charge < -0.3 is 25.4 Å². The maximum absolute atomic E-state index is 11.8. The van der Waals surface area contributed by atoms with Crippen LogP contribution in [-0.2, 0) is 15.4 Å². The predicted molar refractivity (Wildman–Crippen MR) is 155 cm³/mol. The number of rotatable bonds is 7. The first kappa shape index (κ1) is 32.4. The largest absolute Gasteiger partial charge is 0.488 e. The van der Waals surface area contributed by atoms with Crippen molar-refractivity contribution in [1.29, 1.82) is 0 Å². The fourth-order valence-electron chi connectivity index (χ4n) is 3.08. The molecule has 8 nitrogen and oxygen atoms in total. The molecule has 0 aliphatic rings. The molecule has 0 radical (unpaired) electrons. The highest BCUT2D eigenvalue weighted by Crippen LogP contribution is 2.28. The van der Waals surface area contributed by atoms with Gasteiger partial charge in [-0.15, -0.1) is 0 Å². The minimum absolute atomic E-state index is 0.214. The molecular formula is C29H38BNO7S. The number of hydrogen-bond donors (Lipinski definition) is 5. The molecule has 3 aromatic rings. The number of aromatic nitrogens is 1. The quantitative estimate of drug-likeness (QED) is 0.221. The van der Waals surface area contributed by atoms with E-state index in [1.807, 2.05) is 12.1 Å². The van der Waals surface area contributed by atoms with Crippen LogP contribution in [0.5, 0.6) is 0 Å². The second-order valence-electron chi connectivity index (χ2n) is 11.0. The van der Waals surface area contributed by atoms with Crippen LogP contribution in [0.3, 0.4) is 0 Å². The maximum atomic E-state index is 11.8. The van der Waals surface area contributed by atoms with E-state index in [-0.39, 0.29) is 4.90 Å². The van der Waals surface area contributed by atoms with Crippen LogP contribution in [-0.4, -0.2) is 63.3 Å². The Morgan fingerprint density at radius 2 is 1.41 bits per heavy atom. The summed E-state index contributed by atoms with van der Waals surface area (Å²) in [7, 11) is -4.91.